The van der Waals surface area contributed by atoms with Gasteiger partial charge in [0, 0.05) is 12.1 Å². The first-order valence-electron chi connectivity index (χ1n) is 9.02. The highest BCUT2D eigenvalue weighted by molar-refractivity contribution is 6.30. The fraction of sp³-hybridized carbons (Fsp3) is 0.143. The monoisotopic (exact) mass is 443 g/mol. The molecule has 0 atom stereocenters. The molecule has 0 aliphatic heterocycles. The van der Waals surface area contributed by atoms with Crippen LogP contribution in [-0.2, 0) is 18.3 Å². The number of carbonyl (C=O) groups is 2. The molecule has 0 unspecified atom stereocenters. The number of halogens is 1. The van der Waals surface area contributed by atoms with Crippen LogP contribution in [0.1, 0.15) is 26.3 Å². The minimum absolute atomic E-state index is 0.0400. The second-order valence-corrected chi connectivity index (χ2v) is 7.08. The highest BCUT2D eigenvalue weighted by atomic mass is 35.5. The lowest BCUT2D eigenvalue weighted by Gasteiger charge is -2.15. The van der Waals surface area contributed by atoms with E-state index in [1.54, 1.807) is 30.3 Å². The quantitative estimate of drug-likeness (QED) is 0.436. The van der Waals surface area contributed by atoms with Crippen molar-refractivity contribution in [2.45, 2.75) is 6.54 Å². The average Bonchev–Trinajstić information content (AvgIpc) is 2.74. The van der Waals surface area contributed by atoms with Crippen molar-refractivity contribution in [2.75, 3.05) is 12.3 Å². The lowest BCUT2D eigenvalue weighted by Crippen LogP contribution is -2.43. The van der Waals surface area contributed by atoms with Crippen LogP contribution in [-0.4, -0.2) is 32.6 Å². The third-order valence-corrected chi connectivity index (χ3v) is 4.79. The molecule has 160 valence electrons. The van der Waals surface area contributed by atoms with E-state index in [1.807, 2.05) is 0 Å². The number of aromatic hydroxyl groups is 1. The lowest BCUT2D eigenvalue weighted by molar-refractivity contribution is 0.0471. The molecule has 9 nitrogen and oxygen atoms in total. The van der Waals surface area contributed by atoms with E-state index in [9.17, 15) is 24.3 Å². The number of aromatic nitrogens is 2. The topological polar surface area (TPSA) is 134 Å². The van der Waals surface area contributed by atoms with Gasteiger partial charge in [-0.1, -0.05) is 41.9 Å². The van der Waals surface area contributed by atoms with Gasteiger partial charge in [0.1, 0.15) is 22.7 Å². The van der Waals surface area contributed by atoms with E-state index in [2.05, 4.69) is 0 Å². The normalized spacial score (nSPS) is 10.6. The van der Waals surface area contributed by atoms with Gasteiger partial charge in [0.25, 0.3) is 5.56 Å². The molecule has 0 aliphatic carbocycles. The van der Waals surface area contributed by atoms with Crippen molar-refractivity contribution in [1.82, 2.24) is 9.13 Å². The molecule has 0 aliphatic rings. The van der Waals surface area contributed by atoms with Crippen LogP contribution in [0.15, 0.2) is 58.1 Å². The maximum atomic E-state index is 12.7. The van der Waals surface area contributed by atoms with Gasteiger partial charge < -0.3 is 15.6 Å². The van der Waals surface area contributed by atoms with Gasteiger partial charge in [-0.25, -0.2) is 9.59 Å². The van der Waals surface area contributed by atoms with E-state index in [4.69, 9.17) is 22.1 Å². The van der Waals surface area contributed by atoms with Crippen LogP contribution in [0.5, 0.6) is 5.75 Å². The summed E-state index contributed by atoms with van der Waals surface area (Å²) in [5, 5.41) is 10.0. The fourth-order valence-electron chi connectivity index (χ4n) is 2.92. The predicted molar refractivity (Wildman–Crippen MR) is 114 cm³/mol. The van der Waals surface area contributed by atoms with Crippen molar-refractivity contribution in [3.8, 4) is 5.75 Å². The third kappa shape index (κ3) is 4.51. The number of ketones is 1. The zero-order chi connectivity index (χ0) is 22.7. The van der Waals surface area contributed by atoms with Gasteiger partial charge in [0.2, 0.25) is 5.78 Å². The Kier molecular flexibility index (Phi) is 6.26. The molecule has 3 rings (SSSR count). The number of esters is 1. The van der Waals surface area contributed by atoms with Gasteiger partial charge in [-0.15, -0.1) is 0 Å². The molecule has 0 radical (unpaired) electrons. The van der Waals surface area contributed by atoms with Gasteiger partial charge in [-0.2, -0.15) is 0 Å². The Morgan fingerprint density at radius 3 is 2.45 bits per heavy atom. The molecule has 1 aromatic heterocycles. The molecule has 0 spiro atoms. The Bertz CT molecular complexity index is 1280. The number of ether oxygens (including phenoxy) is 1. The fourth-order valence-corrected chi connectivity index (χ4v) is 3.09. The second kappa shape index (κ2) is 8.88. The van der Waals surface area contributed by atoms with Gasteiger partial charge in [0.05, 0.1) is 6.54 Å². The summed E-state index contributed by atoms with van der Waals surface area (Å²) in [5.41, 5.74) is 4.47. The number of rotatable bonds is 6. The number of Topliss-reactive ketones (excluding diaryl/α,β-unsaturated/α-hetero) is 1. The van der Waals surface area contributed by atoms with Crippen molar-refractivity contribution in [1.29, 1.82) is 0 Å². The smallest absolute Gasteiger partial charge is 0.342 e. The second-order valence-electron chi connectivity index (χ2n) is 6.64. The Hall–Kier alpha value is -3.85. The van der Waals surface area contributed by atoms with Crippen molar-refractivity contribution in [2.24, 2.45) is 7.05 Å². The van der Waals surface area contributed by atoms with Gasteiger partial charge in [-0.3, -0.25) is 18.7 Å². The maximum Gasteiger partial charge on any atom is 0.342 e. The Morgan fingerprint density at radius 1 is 1.13 bits per heavy atom. The summed E-state index contributed by atoms with van der Waals surface area (Å²) in [6.45, 7) is -0.776. The summed E-state index contributed by atoms with van der Waals surface area (Å²) in [7, 11) is 1.22. The van der Waals surface area contributed by atoms with E-state index >= 15 is 0 Å². The zero-order valence-corrected chi connectivity index (χ0v) is 17.1. The maximum absolute atomic E-state index is 12.7. The standard InChI is InChI=1S/C21H18ClN3O6/c1-24-19(28)17(18(23)25(21(24)30)10-12-5-3-2-4-6-12)16(27)11-31-20(29)14-8-7-13(22)9-15(14)26/h2-9,26H,10-11,23H2,1H3. The summed E-state index contributed by atoms with van der Waals surface area (Å²) < 4.78 is 6.78. The first-order valence-corrected chi connectivity index (χ1v) is 9.40. The largest absolute Gasteiger partial charge is 0.507 e. The number of carbonyl (C=O) groups excluding carboxylic acids is 2. The van der Waals surface area contributed by atoms with Crippen molar-refractivity contribution < 1.29 is 19.4 Å². The highest BCUT2D eigenvalue weighted by Crippen LogP contribution is 2.22. The predicted octanol–water partition coefficient (Wildman–Crippen LogP) is 1.58. The number of nitrogens with zero attached hydrogens (tertiary/aromatic N) is 2. The Balaban J connectivity index is 1.89. The molecular formula is C21H18ClN3O6. The molecule has 0 saturated carbocycles. The highest BCUT2D eigenvalue weighted by Gasteiger charge is 2.23. The number of nitrogen functional groups attached to an aromatic ring is 1. The molecule has 31 heavy (non-hydrogen) atoms. The SMILES string of the molecule is Cn1c(=O)c(C(=O)COC(=O)c2ccc(Cl)cc2O)c(N)n(Cc2ccccc2)c1=O. The lowest BCUT2D eigenvalue weighted by atomic mass is 10.1. The molecule has 0 saturated heterocycles. The molecule has 3 aromatic rings. The van der Waals surface area contributed by atoms with Crippen molar-refractivity contribution in [3.63, 3.8) is 0 Å². The molecule has 1 heterocycles. The number of nitrogens with two attached hydrogens (primary N) is 1. The van der Waals surface area contributed by atoms with Gasteiger partial charge in [0.15, 0.2) is 6.61 Å². The molecule has 0 amide bonds. The van der Waals surface area contributed by atoms with Crippen LogP contribution < -0.4 is 17.0 Å². The van der Waals surface area contributed by atoms with Crippen LogP contribution in [0.4, 0.5) is 5.82 Å². The molecule has 0 fully saturated rings. The van der Waals surface area contributed by atoms with E-state index in [1.165, 1.54) is 19.2 Å². The van der Waals surface area contributed by atoms with E-state index < -0.39 is 40.9 Å². The van der Waals surface area contributed by atoms with Crippen LogP contribution in [0.25, 0.3) is 0 Å². The number of phenols is 1. The summed E-state index contributed by atoms with van der Waals surface area (Å²) in [5.74, 6) is -2.62. The van der Waals surface area contributed by atoms with Crippen molar-refractivity contribution in [3.05, 3.63) is 91.1 Å². The number of anilines is 1. The number of hydrogen-bond acceptors (Lipinski definition) is 7. The first-order chi connectivity index (χ1) is 14.7. The van der Waals surface area contributed by atoms with E-state index in [-0.39, 0.29) is 22.9 Å². The molecule has 10 heteroatoms. The van der Waals surface area contributed by atoms with Crippen LogP contribution in [0.3, 0.4) is 0 Å². The van der Waals surface area contributed by atoms with Gasteiger partial charge in [-0.05, 0) is 23.8 Å². The third-order valence-electron chi connectivity index (χ3n) is 4.56. The number of phenolic OH excluding ortho intramolecular Hbond substituents is 1. The van der Waals surface area contributed by atoms with E-state index in [0.29, 0.717) is 0 Å². The van der Waals surface area contributed by atoms with E-state index in [0.717, 1.165) is 20.8 Å². The average molecular weight is 444 g/mol. The van der Waals surface area contributed by atoms with Crippen molar-refractivity contribution >= 4 is 29.2 Å². The van der Waals surface area contributed by atoms with Gasteiger partial charge >= 0.3 is 11.7 Å². The number of benzene rings is 2. The summed E-state index contributed by atoms with van der Waals surface area (Å²) >= 11 is 5.72. The summed E-state index contributed by atoms with van der Waals surface area (Å²) in [6.07, 6.45) is 0. The Labute approximate surface area is 180 Å². The summed E-state index contributed by atoms with van der Waals surface area (Å²) in [6, 6.07) is 12.6. The zero-order valence-electron chi connectivity index (χ0n) is 16.4. The molecule has 0 bridgehead atoms. The number of hydrogen-bond donors (Lipinski definition) is 2. The molecule has 2 aromatic carbocycles. The van der Waals surface area contributed by atoms with Crippen LogP contribution >= 0.6 is 11.6 Å². The minimum atomic E-state index is -0.990. The minimum Gasteiger partial charge on any atom is -0.507 e. The molecular weight excluding hydrogens is 426 g/mol. The summed E-state index contributed by atoms with van der Waals surface area (Å²) in [4.78, 5) is 49.9. The Morgan fingerprint density at radius 2 is 1.81 bits per heavy atom. The van der Waals surface area contributed by atoms with Crippen LogP contribution in [0, 0.1) is 0 Å². The first kappa shape index (κ1) is 21.8. The van der Waals surface area contributed by atoms with Crippen LogP contribution in [0.2, 0.25) is 5.02 Å². The molecule has 3 N–H and O–H groups in total.